The van der Waals surface area contributed by atoms with Crippen LogP contribution in [-0.2, 0) is 6.42 Å². The van der Waals surface area contributed by atoms with Crippen molar-refractivity contribution in [2.75, 3.05) is 12.3 Å². The van der Waals surface area contributed by atoms with E-state index in [0.29, 0.717) is 18.2 Å². The molecule has 1 aromatic carbocycles. The van der Waals surface area contributed by atoms with E-state index in [0.717, 1.165) is 24.1 Å². The summed E-state index contributed by atoms with van der Waals surface area (Å²) in [4.78, 5) is 4.38. The van der Waals surface area contributed by atoms with Crippen LogP contribution in [0.15, 0.2) is 23.2 Å². The maximum Gasteiger partial charge on any atom is 1.00 e. The van der Waals surface area contributed by atoms with Gasteiger partial charge in [0, 0.05) is 17.5 Å². The number of aryl methyl sites for hydroxylation is 1. The van der Waals surface area contributed by atoms with E-state index in [2.05, 4.69) is 23.2 Å². The summed E-state index contributed by atoms with van der Waals surface area (Å²) in [6.07, 6.45) is 10.9. The first kappa shape index (κ1) is 15.5. The molecule has 0 unspecified atom stereocenters. The third-order valence-corrected chi connectivity index (χ3v) is 3.81. The maximum absolute atomic E-state index is 7.41. The van der Waals surface area contributed by atoms with Crippen LogP contribution in [0.25, 0.3) is 0 Å². The Morgan fingerprint density at radius 2 is 2.15 bits per heavy atom. The van der Waals surface area contributed by atoms with Gasteiger partial charge in [0.25, 0.3) is 0 Å². The molecule has 3 rings (SSSR count). The van der Waals surface area contributed by atoms with Gasteiger partial charge in [0.05, 0.1) is 0 Å². The summed E-state index contributed by atoms with van der Waals surface area (Å²) in [5.74, 6) is 0.682. The molecule has 1 fully saturated rings. The Bertz CT molecular complexity index is 571. The van der Waals surface area contributed by atoms with Crippen LogP contribution in [0.1, 0.15) is 41.9 Å². The van der Waals surface area contributed by atoms with Crippen LogP contribution in [0.5, 0.6) is 0 Å². The van der Waals surface area contributed by atoms with Gasteiger partial charge in [-0.1, -0.05) is 6.42 Å². The van der Waals surface area contributed by atoms with Gasteiger partial charge < -0.3 is 16.1 Å². The van der Waals surface area contributed by atoms with Crippen LogP contribution in [0.2, 0.25) is 0 Å². The molecule has 0 aromatic heterocycles. The zero-order chi connectivity index (χ0) is 13.2. The smallest absolute Gasteiger partial charge is 0.398 e. The number of nitrogens with one attached hydrogen (secondary N) is 1. The summed E-state index contributed by atoms with van der Waals surface area (Å²) in [5, 5.41) is 7.41. The van der Waals surface area contributed by atoms with E-state index in [1.807, 2.05) is 6.08 Å². The van der Waals surface area contributed by atoms with Crippen LogP contribution < -0.4 is 35.3 Å². The second-order valence-electron chi connectivity index (χ2n) is 5.25. The quantitative estimate of drug-likeness (QED) is 0.335. The number of nitrogens with two attached hydrogens (primary N) is 1. The van der Waals surface area contributed by atoms with E-state index in [1.165, 1.54) is 30.2 Å². The second kappa shape index (κ2) is 6.70. The molecule has 1 aromatic rings. The predicted molar refractivity (Wildman–Crippen MR) is 79.2 cm³/mol. The molecule has 0 atom stereocenters. The topological polar surface area (TPSA) is 62.2 Å². The summed E-state index contributed by atoms with van der Waals surface area (Å²) in [5.41, 5.74) is 11.4. The number of benzene rings is 1. The Morgan fingerprint density at radius 1 is 1.35 bits per heavy atom. The number of aliphatic imine (C=N–C) groups is 1. The molecule has 20 heavy (non-hydrogen) atoms. The van der Waals surface area contributed by atoms with Crippen molar-refractivity contribution in [1.29, 1.82) is 5.41 Å². The Balaban J connectivity index is 0.00000147. The summed E-state index contributed by atoms with van der Waals surface area (Å²) in [6.45, 7) is 0.708. The minimum Gasteiger partial charge on any atom is -0.398 e. The molecule has 0 radical (unpaired) electrons. The molecule has 1 aliphatic carbocycles. The molecule has 0 spiro atoms. The largest absolute Gasteiger partial charge is 1.00 e. The maximum atomic E-state index is 7.41. The van der Waals surface area contributed by atoms with Crippen molar-refractivity contribution in [1.82, 2.24) is 0 Å². The van der Waals surface area contributed by atoms with E-state index in [-0.39, 0.29) is 29.6 Å². The summed E-state index contributed by atoms with van der Waals surface area (Å²) >= 11 is 0. The van der Waals surface area contributed by atoms with Gasteiger partial charge in [0.1, 0.15) is 0 Å². The van der Waals surface area contributed by atoms with E-state index in [4.69, 9.17) is 11.1 Å². The molecule has 3 N–H and O–H groups in total. The molecule has 4 heteroatoms. The van der Waals surface area contributed by atoms with Gasteiger partial charge in [-0.25, -0.2) is 6.08 Å². The SMILES string of the molecule is N=Cc1cc(C2CC2)c(CCC2=NC[C-]=C2)cc1N.[Na+]. The summed E-state index contributed by atoms with van der Waals surface area (Å²) < 4.78 is 0. The van der Waals surface area contributed by atoms with Gasteiger partial charge in [-0.15, -0.1) is 5.71 Å². The van der Waals surface area contributed by atoms with Crippen LogP contribution in [0, 0.1) is 11.5 Å². The van der Waals surface area contributed by atoms with Gasteiger partial charge in [0.2, 0.25) is 0 Å². The van der Waals surface area contributed by atoms with Crippen molar-refractivity contribution in [3.05, 3.63) is 41.0 Å². The third kappa shape index (κ3) is 3.40. The Morgan fingerprint density at radius 3 is 2.75 bits per heavy atom. The Kier molecular flexibility index (Phi) is 5.19. The van der Waals surface area contributed by atoms with Crippen LogP contribution in [0.4, 0.5) is 5.69 Å². The number of allylic oxidation sites excluding steroid dienone is 1. The predicted octanol–water partition coefficient (Wildman–Crippen LogP) is -0.106. The molecule has 1 heterocycles. The van der Waals surface area contributed by atoms with Gasteiger partial charge in [-0.05, 0) is 55.0 Å². The van der Waals surface area contributed by atoms with Gasteiger partial charge in [-0.3, -0.25) is 6.08 Å². The van der Waals surface area contributed by atoms with Gasteiger partial charge in [0.15, 0.2) is 0 Å². The van der Waals surface area contributed by atoms with E-state index >= 15 is 0 Å². The molecule has 1 saturated carbocycles. The van der Waals surface area contributed by atoms with Crippen LogP contribution in [0.3, 0.4) is 0 Å². The van der Waals surface area contributed by atoms with Crippen molar-refractivity contribution in [3.8, 4) is 0 Å². The third-order valence-electron chi connectivity index (χ3n) is 3.81. The molecule has 3 nitrogen and oxygen atoms in total. The molecule has 0 saturated heterocycles. The molecule has 1 aliphatic heterocycles. The van der Waals surface area contributed by atoms with Crippen LogP contribution in [-0.4, -0.2) is 18.5 Å². The van der Waals surface area contributed by atoms with Crippen molar-refractivity contribution in [3.63, 3.8) is 0 Å². The van der Waals surface area contributed by atoms with Crippen molar-refractivity contribution in [2.24, 2.45) is 4.99 Å². The molecular formula is C16H18N3Na. The van der Waals surface area contributed by atoms with Crippen molar-refractivity contribution >= 4 is 17.6 Å². The first-order valence-corrected chi connectivity index (χ1v) is 6.80. The monoisotopic (exact) mass is 275 g/mol. The van der Waals surface area contributed by atoms with Crippen molar-refractivity contribution in [2.45, 2.75) is 31.6 Å². The Labute approximate surface area is 142 Å². The number of nitrogens with zero attached hydrogens (tertiary/aromatic N) is 1. The number of rotatable bonds is 5. The first-order chi connectivity index (χ1) is 9.28. The van der Waals surface area contributed by atoms with E-state index < -0.39 is 0 Å². The fraction of sp³-hybridized carbons (Fsp3) is 0.375. The standard InChI is InChI=1S/C16H18N3.Na/c17-10-13-8-15(11-3-4-11)12(9-16(13)18)5-6-14-2-1-7-19-14;/h2,8-11,17H,3-7,18H2;/q-1;+1. The normalized spacial score (nSPS) is 16.7. The number of hydrogen-bond donors (Lipinski definition) is 2. The van der Waals surface area contributed by atoms with Crippen molar-refractivity contribution < 1.29 is 29.6 Å². The number of hydrogen-bond acceptors (Lipinski definition) is 3. The zero-order valence-corrected chi connectivity index (χ0v) is 13.9. The number of anilines is 1. The minimum atomic E-state index is 0. The fourth-order valence-electron chi connectivity index (χ4n) is 2.58. The van der Waals surface area contributed by atoms with E-state index in [9.17, 15) is 0 Å². The van der Waals surface area contributed by atoms with Crippen LogP contribution >= 0.6 is 0 Å². The molecule has 2 aliphatic rings. The minimum absolute atomic E-state index is 0. The molecule has 98 valence electrons. The van der Waals surface area contributed by atoms with Gasteiger partial charge >= 0.3 is 29.6 Å². The summed E-state index contributed by atoms with van der Waals surface area (Å²) in [7, 11) is 0. The second-order valence-corrected chi connectivity index (χ2v) is 5.25. The average Bonchev–Trinajstić information content (AvgIpc) is 3.13. The zero-order valence-electron chi connectivity index (χ0n) is 11.9. The molecule has 0 bridgehead atoms. The van der Waals surface area contributed by atoms with Gasteiger partial charge in [-0.2, -0.15) is 0 Å². The fourth-order valence-corrected chi connectivity index (χ4v) is 2.58. The Hall–Kier alpha value is -0.900. The molecule has 0 amide bonds. The first-order valence-electron chi connectivity index (χ1n) is 6.80. The average molecular weight is 275 g/mol. The number of nitrogen functional groups attached to an aromatic ring is 1. The van der Waals surface area contributed by atoms with E-state index in [1.54, 1.807) is 0 Å². The summed E-state index contributed by atoms with van der Waals surface area (Å²) in [6, 6.07) is 4.16. The molecular weight excluding hydrogens is 257 g/mol.